The summed E-state index contributed by atoms with van der Waals surface area (Å²) < 4.78 is 18.2. The first kappa shape index (κ1) is 15.9. The van der Waals surface area contributed by atoms with Crippen molar-refractivity contribution in [2.75, 3.05) is 7.11 Å². The number of halogens is 1. The quantitative estimate of drug-likeness (QED) is 0.799. The molecule has 0 saturated carbocycles. The average molecular weight is 283 g/mol. The molecule has 0 aliphatic carbocycles. The molecule has 1 aromatic carbocycles. The molecular weight excluding hydrogens is 265 g/mol. The Morgan fingerprint density at radius 1 is 1.45 bits per heavy atom. The van der Waals surface area contributed by atoms with Crippen LogP contribution in [-0.2, 0) is 16.0 Å². The zero-order chi connectivity index (χ0) is 15.1. The Morgan fingerprint density at radius 3 is 2.70 bits per heavy atom. The van der Waals surface area contributed by atoms with Crippen LogP contribution in [0, 0.1) is 5.82 Å². The second-order valence-electron chi connectivity index (χ2n) is 4.54. The van der Waals surface area contributed by atoms with E-state index >= 15 is 0 Å². The molecule has 0 fully saturated rings. The number of amides is 1. The Morgan fingerprint density at radius 2 is 2.15 bits per heavy atom. The number of hydrogen-bond acceptors (Lipinski definition) is 3. The number of aryl methyl sites for hydroxylation is 1. The van der Waals surface area contributed by atoms with E-state index in [4.69, 9.17) is 9.84 Å². The highest BCUT2D eigenvalue weighted by atomic mass is 19.1. The van der Waals surface area contributed by atoms with Gasteiger partial charge >= 0.3 is 5.97 Å². The number of aliphatic carboxylic acids is 1. The third-order valence-corrected chi connectivity index (χ3v) is 2.75. The summed E-state index contributed by atoms with van der Waals surface area (Å²) in [5.74, 6) is -1.53. The molecule has 6 heteroatoms. The number of ether oxygens (including phenoxy) is 1. The molecule has 0 saturated heterocycles. The van der Waals surface area contributed by atoms with Gasteiger partial charge in [0.2, 0.25) is 5.91 Å². The number of carbonyl (C=O) groups is 2. The first-order valence-electron chi connectivity index (χ1n) is 6.26. The number of carboxylic acids is 1. The molecule has 1 rings (SSSR count). The van der Waals surface area contributed by atoms with E-state index in [0.717, 1.165) is 0 Å². The van der Waals surface area contributed by atoms with Crippen LogP contribution >= 0.6 is 0 Å². The van der Waals surface area contributed by atoms with Crippen LogP contribution in [0.5, 0.6) is 5.75 Å². The number of nitrogens with one attached hydrogen (secondary N) is 1. The van der Waals surface area contributed by atoms with E-state index in [0.29, 0.717) is 12.0 Å². The fraction of sp³-hybridized carbons (Fsp3) is 0.429. The van der Waals surface area contributed by atoms with Gasteiger partial charge in [-0.25, -0.2) is 4.39 Å². The van der Waals surface area contributed by atoms with Crippen molar-refractivity contribution in [1.29, 1.82) is 0 Å². The fourth-order valence-corrected chi connectivity index (χ4v) is 1.78. The van der Waals surface area contributed by atoms with Crippen LogP contribution in [0.1, 0.15) is 25.3 Å². The lowest BCUT2D eigenvalue weighted by atomic mass is 10.1. The van der Waals surface area contributed by atoms with Gasteiger partial charge in [0.1, 0.15) is 0 Å². The Kier molecular flexibility index (Phi) is 5.96. The molecule has 1 atom stereocenters. The molecule has 1 unspecified atom stereocenters. The third kappa shape index (κ3) is 5.26. The summed E-state index contributed by atoms with van der Waals surface area (Å²) in [5, 5.41) is 11.2. The summed E-state index contributed by atoms with van der Waals surface area (Å²) in [4.78, 5) is 22.1. The Balaban J connectivity index is 2.44. The van der Waals surface area contributed by atoms with Crippen molar-refractivity contribution in [2.45, 2.75) is 32.2 Å². The first-order chi connectivity index (χ1) is 9.42. The molecule has 1 aromatic rings. The molecule has 5 nitrogen and oxygen atoms in total. The summed E-state index contributed by atoms with van der Waals surface area (Å²) in [5.41, 5.74) is 0.685. The van der Waals surface area contributed by atoms with Gasteiger partial charge in [0.25, 0.3) is 0 Å². The summed E-state index contributed by atoms with van der Waals surface area (Å²) in [6, 6.07) is 4.10. The standard InChI is InChI=1S/C14H18FNO4/c1-9(7-14(18)19)16-13(17)6-4-10-3-5-12(20-2)11(15)8-10/h3,5,8-9H,4,6-7H2,1-2H3,(H,16,17)(H,18,19). The zero-order valence-corrected chi connectivity index (χ0v) is 11.5. The number of carbonyl (C=O) groups excluding carboxylic acids is 1. The molecule has 1 amide bonds. The van der Waals surface area contributed by atoms with Gasteiger partial charge in [-0.3, -0.25) is 9.59 Å². The van der Waals surface area contributed by atoms with Crippen LogP contribution in [0.15, 0.2) is 18.2 Å². The molecule has 0 radical (unpaired) electrons. The summed E-state index contributed by atoms with van der Waals surface area (Å²) >= 11 is 0. The molecular formula is C14H18FNO4. The van der Waals surface area contributed by atoms with E-state index in [1.165, 1.54) is 19.2 Å². The molecule has 0 bridgehead atoms. The highest BCUT2D eigenvalue weighted by Crippen LogP contribution is 2.18. The molecule has 2 N–H and O–H groups in total. The van der Waals surface area contributed by atoms with Crippen LogP contribution in [0.4, 0.5) is 4.39 Å². The van der Waals surface area contributed by atoms with E-state index in [2.05, 4.69) is 5.32 Å². The monoisotopic (exact) mass is 283 g/mol. The minimum Gasteiger partial charge on any atom is -0.494 e. The SMILES string of the molecule is COc1ccc(CCC(=O)NC(C)CC(=O)O)cc1F. The van der Waals surface area contributed by atoms with Crippen molar-refractivity contribution in [3.8, 4) is 5.75 Å². The topological polar surface area (TPSA) is 75.6 Å². The predicted molar refractivity (Wildman–Crippen MR) is 71.1 cm³/mol. The van der Waals surface area contributed by atoms with Crippen LogP contribution in [0.25, 0.3) is 0 Å². The lowest BCUT2D eigenvalue weighted by Crippen LogP contribution is -2.34. The Bertz CT molecular complexity index is 490. The van der Waals surface area contributed by atoms with Gasteiger partial charge in [-0.15, -0.1) is 0 Å². The van der Waals surface area contributed by atoms with Gasteiger partial charge in [0.05, 0.1) is 13.5 Å². The predicted octanol–water partition coefficient (Wildman–Crippen LogP) is 1.75. The summed E-state index contributed by atoms with van der Waals surface area (Å²) in [6.45, 7) is 1.62. The van der Waals surface area contributed by atoms with Gasteiger partial charge in [0.15, 0.2) is 11.6 Å². The summed E-state index contributed by atoms with van der Waals surface area (Å²) in [7, 11) is 1.38. The number of hydrogen-bond donors (Lipinski definition) is 2. The van der Waals surface area contributed by atoms with Crippen LogP contribution < -0.4 is 10.1 Å². The molecule has 110 valence electrons. The lowest BCUT2D eigenvalue weighted by molar-refractivity contribution is -0.137. The van der Waals surface area contributed by atoms with Crippen molar-refractivity contribution in [2.24, 2.45) is 0 Å². The number of carboxylic acid groups (broad SMARTS) is 1. The van der Waals surface area contributed by atoms with Crippen molar-refractivity contribution in [1.82, 2.24) is 5.32 Å². The molecule has 0 heterocycles. The minimum absolute atomic E-state index is 0.122. The molecule has 0 aromatic heterocycles. The van der Waals surface area contributed by atoms with Crippen molar-refractivity contribution < 1.29 is 23.8 Å². The fourth-order valence-electron chi connectivity index (χ4n) is 1.78. The average Bonchev–Trinajstić information content (AvgIpc) is 2.35. The van der Waals surface area contributed by atoms with Gasteiger partial charge in [0, 0.05) is 12.5 Å². The lowest BCUT2D eigenvalue weighted by Gasteiger charge is -2.11. The Labute approximate surface area is 116 Å². The van der Waals surface area contributed by atoms with Crippen LogP contribution in [-0.4, -0.2) is 30.1 Å². The van der Waals surface area contributed by atoms with E-state index < -0.39 is 17.8 Å². The van der Waals surface area contributed by atoms with Crippen molar-refractivity contribution in [3.05, 3.63) is 29.6 Å². The van der Waals surface area contributed by atoms with Crippen LogP contribution in [0.2, 0.25) is 0 Å². The van der Waals surface area contributed by atoms with E-state index in [9.17, 15) is 14.0 Å². The highest BCUT2D eigenvalue weighted by Gasteiger charge is 2.11. The molecule has 0 aliphatic heterocycles. The molecule has 0 aliphatic rings. The van der Waals surface area contributed by atoms with Crippen molar-refractivity contribution >= 4 is 11.9 Å². The maximum atomic E-state index is 13.4. The van der Waals surface area contributed by atoms with E-state index in [1.807, 2.05) is 0 Å². The van der Waals surface area contributed by atoms with Crippen LogP contribution in [0.3, 0.4) is 0 Å². The third-order valence-electron chi connectivity index (χ3n) is 2.75. The van der Waals surface area contributed by atoms with Crippen molar-refractivity contribution in [3.63, 3.8) is 0 Å². The van der Waals surface area contributed by atoms with E-state index in [1.54, 1.807) is 13.0 Å². The number of methoxy groups -OCH3 is 1. The maximum absolute atomic E-state index is 13.4. The molecule has 20 heavy (non-hydrogen) atoms. The molecule has 0 spiro atoms. The normalized spacial score (nSPS) is 11.8. The summed E-state index contributed by atoms with van der Waals surface area (Å²) in [6.07, 6.45) is 0.436. The van der Waals surface area contributed by atoms with Gasteiger partial charge in [-0.1, -0.05) is 6.07 Å². The second-order valence-corrected chi connectivity index (χ2v) is 4.54. The van der Waals surface area contributed by atoms with E-state index in [-0.39, 0.29) is 24.5 Å². The first-order valence-corrected chi connectivity index (χ1v) is 6.26. The number of benzene rings is 1. The minimum atomic E-state index is -0.963. The largest absolute Gasteiger partial charge is 0.494 e. The van der Waals surface area contributed by atoms with Gasteiger partial charge in [-0.05, 0) is 31.0 Å². The maximum Gasteiger partial charge on any atom is 0.305 e. The zero-order valence-electron chi connectivity index (χ0n) is 11.5. The second kappa shape index (κ2) is 7.47. The highest BCUT2D eigenvalue weighted by molar-refractivity contribution is 5.77. The smallest absolute Gasteiger partial charge is 0.305 e. The van der Waals surface area contributed by atoms with Gasteiger partial charge < -0.3 is 15.2 Å². The Hall–Kier alpha value is -2.11. The number of rotatable bonds is 7. The van der Waals surface area contributed by atoms with Gasteiger partial charge in [-0.2, -0.15) is 0 Å².